The summed E-state index contributed by atoms with van der Waals surface area (Å²) in [5, 5.41) is 0. The molecule has 3 aromatic rings. The highest BCUT2D eigenvalue weighted by atomic mass is 127. The fraction of sp³-hybridized carbons (Fsp3) is 0.222. The monoisotopic (exact) mass is 435 g/mol. The number of ether oxygens (including phenoxy) is 2. The molecule has 3 rings (SSSR count). The van der Waals surface area contributed by atoms with E-state index < -0.39 is 0 Å². The van der Waals surface area contributed by atoms with Gasteiger partial charge in [-0.2, -0.15) is 0 Å². The Bertz CT molecular complexity index is 802. The van der Waals surface area contributed by atoms with Crippen LogP contribution in [0.2, 0.25) is 0 Å². The summed E-state index contributed by atoms with van der Waals surface area (Å²) in [7, 11) is 1.66. The van der Waals surface area contributed by atoms with Gasteiger partial charge in [-0.05, 0) is 53.3 Å². The van der Waals surface area contributed by atoms with E-state index in [2.05, 4.69) is 32.6 Å². The van der Waals surface area contributed by atoms with Gasteiger partial charge in [0.15, 0.2) is 11.5 Å². The summed E-state index contributed by atoms with van der Waals surface area (Å²) in [5.74, 6) is 1.46. The van der Waals surface area contributed by atoms with Crippen LogP contribution in [0.1, 0.15) is 16.8 Å². The molecule has 0 fully saturated rings. The number of halogens is 1. The average Bonchev–Trinajstić information content (AvgIpc) is 3.09. The summed E-state index contributed by atoms with van der Waals surface area (Å²) >= 11 is 2.32. The van der Waals surface area contributed by atoms with Crippen molar-refractivity contribution >= 4 is 22.6 Å². The lowest BCUT2D eigenvalue weighted by Gasteiger charge is -2.14. The molecule has 2 aromatic heterocycles. The number of rotatable bonds is 6. The maximum Gasteiger partial charge on any atom is 0.162 e. The number of benzene rings is 1. The molecule has 2 heterocycles. The lowest BCUT2D eigenvalue weighted by molar-refractivity contribution is 0.283. The normalized spacial score (nSPS) is 10.6. The standard InChI is InChI=1S/C18H18IN3O2/c1-13-3-4-14(9-21-13)11-24-18-8-16(19)15(7-17(18)23-2)10-22-6-5-20-12-22/h3-9,12H,10-11H2,1-2H3. The van der Waals surface area contributed by atoms with Crippen molar-refractivity contribution in [1.29, 1.82) is 0 Å². The maximum absolute atomic E-state index is 5.94. The third-order valence-corrected chi connectivity index (χ3v) is 4.62. The second-order valence-corrected chi connectivity index (χ2v) is 6.59. The summed E-state index contributed by atoms with van der Waals surface area (Å²) in [5.41, 5.74) is 3.18. The van der Waals surface area contributed by atoms with E-state index in [0.717, 1.165) is 38.4 Å². The maximum atomic E-state index is 5.94. The molecule has 5 nitrogen and oxygen atoms in total. The van der Waals surface area contributed by atoms with Gasteiger partial charge in [-0.25, -0.2) is 4.98 Å². The predicted molar refractivity (Wildman–Crippen MR) is 100 cm³/mol. The number of hydrogen-bond donors (Lipinski definition) is 0. The lowest BCUT2D eigenvalue weighted by atomic mass is 10.2. The largest absolute Gasteiger partial charge is 0.493 e. The average molecular weight is 435 g/mol. The molecule has 0 aliphatic heterocycles. The van der Waals surface area contributed by atoms with Gasteiger partial charge >= 0.3 is 0 Å². The second kappa shape index (κ2) is 7.65. The first kappa shape index (κ1) is 16.8. The van der Waals surface area contributed by atoms with Crippen molar-refractivity contribution in [2.24, 2.45) is 0 Å². The minimum Gasteiger partial charge on any atom is -0.493 e. The fourth-order valence-corrected chi connectivity index (χ4v) is 2.90. The first-order chi connectivity index (χ1) is 11.7. The zero-order valence-corrected chi connectivity index (χ0v) is 15.7. The van der Waals surface area contributed by atoms with Crippen LogP contribution in [0.15, 0.2) is 49.2 Å². The molecule has 0 N–H and O–H groups in total. The highest BCUT2D eigenvalue weighted by Gasteiger charge is 2.11. The zero-order chi connectivity index (χ0) is 16.9. The van der Waals surface area contributed by atoms with Crippen LogP contribution >= 0.6 is 22.6 Å². The van der Waals surface area contributed by atoms with E-state index in [-0.39, 0.29) is 0 Å². The third-order valence-electron chi connectivity index (χ3n) is 3.61. The fourth-order valence-electron chi connectivity index (χ4n) is 2.29. The van der Waals surface area contributed by atoms with Crippen LogP contribution < -0.4 is 9.47 Å². The molecule has 124 valence electrons. The molecule has 0 aliphatic carbocycles. The van der Waals surface area contributed by atoms with Gasteiger partial charge in [0.25, 0.3) is 0 Å². The Balaban J connectivity index is 1.77. The highest BCUT2D eigenvalue weighted by Crippen LogP contribution is 2.32. The van der Waals surface area contributed by atoms with Crippen LogP contribution in [0.25, 0.3) is 0 Å². The van der Waals surface area contributed by atoms with Crippen molar-refractivity contribution in [3.05, 3.63) is 69.6 Å². The van der Waals surface area contributed by atoms with Crippen molar-refractivity contribution in [1.82, 2.24) is 14.5 Å². The van der Waals surface area contributed by atoms with Gasteiger partial charge in [0.05, 0.1) is 13.4 Å². The molecule has 1 aromatic carbocycles. The van der Waals surface area contributed by atoms with E-state index in [1.165, 1.54) is 0 Å². The number of aromatic nitrogens is 3. The number of pyridine rings is 1. The molecule has 0 spiro atoms. The van der Waals surface area contributed by atoms with Gasteiger partial charge in [0.1, 0.15) is 6.61 Å². The number of nitrogens with zero attached hydrogens (tertiary/aromatic N) is 3. The van der Waals surface area contributed by atoms with E-state index in [9.17, 15) is 0 Å². The van der Waals surface area contributed by atoms with Gasteiger partial charge in [0.2, 0.25) is 0 Å². The minimum atomic E-state index is 0.459. The van der Waals surface area contributed by atoms with Gasteiger partial charge < -0.3 is 14.0 Å². The quantitative estimate of drug-likeness (QED) is 0.553. The Kier molecular flexibility index (Phi) is 5.34. The molecular weight excluding hydrogens is 417 g/mol. The second-order valence-electron chi connectivity index (χ2n) is 5.43. The number of imidazole rings is 1. The Labute approximate surface area is 154 Å². The molecule has 6 heteroatoms. The van der Waals surface area contributed by atoms with Crippen LogP contribution in [0.5, 0.6) is 11.5 Å². The summed E-state index contributed by atoms with van der Waals surface area (Å²) in [4.78, 5) is 8.36. The van der Waals surface area contributed by atoms with Gasteiger partial charge in [-0.3, -0.25) is 4.98 Å². The van der Waals surface area contributed by atoms with Crippen molar-refractivity contribution in [2.75, 3.05) is 7.11 Å². The van der Waals surface area contributed by atoms with Crippen LogP contribution in [-0.4, -0.2) is 21.6 Å². The number of methoxy groups -OCH3 is 1. The summed E-state index contributed by atoms with van der Waals surface area (Å²) in [6, 6.07) is 8.03. The topological polar surface area (TPSA) is 49.2 Å². The van der Waals surface area contributed by atoms with Crippen molar-refractivity contribution in [3.8, 4) is 11.5 Å². The molecule has 24 heavy (non-hydrogen) atoms. The molecule has 0 saturated heterocycles. The Hall–Kier alpha value is -2.09. The van der Waals surface area contributed by atoms with E-state index in [1.54, 1.807) is 19.6 Å². The molecule has 0 atom stereocenters. The summed E-state index contributed by atoms with van der Waals surface area (Å²) in [6.45, 7) is 3.17. The molecular formula is C18H18IN3O2. The zero-order valence-electron chi connectivity index (χ0n) is 13.6. The number of aryl methyl sites for hydroxylation is 1. The summed E-state index contributed by atoms with van der Waals surface area (Å²) < 4.78 is 14.6. The first-order valence-corrected chi connectivity index (χ1v) is 8.60. The molecule has 0 unspecified atom stereocenters. The lowest BCUT2D eigenvalue weighted by Crippen LogP contribution is -2.03. The van der Waals surface area contributed by atoms with Crippen LogP contribution in [0.3, 0.4) is 0 Å². The van der Waals surface area contributed by atoms with E-state index in [1.807, 2.05) is 48.1 Å². The van der Waals surface area contributed by atoms with Crippen molar-refractivity contribution < 1.29 is 9.47 Å². The molecule has 0 saturated carbocycles. The Morgan fingerprint density at radius 1 is 1.21 bits per heavy atom. The van der Waals surface area contributed by atoms with Crippen LogP contribution in [-0.2, 0) is 13.2 Å². The van der Waals surface area contributed by atoms with Gasteiger partial charge in [0, 0.05) is 40.0 Å². The van der Waals surface area contributed by atoms with E-state index in [0.29, 0.717) is 6.61 Å². The smallest absolute Gasteiger partial charge is 0.162 e. The predicted octanol–water partition coefficient (Wildman–Crippen LogP) is 3.83. The van der Waals surface area contributed by atoms with Gasteiger partial charge in [-0.15, -0.1) is 0 Å². The van der Waals surface area contributed by atoms with Crippen LogP contribution in [0.4, 0.5) is 0 Å². The molecule has 0 bridgehead atoms. The van der Waals surface area contributed by atoms with Crippen molar-refractivity contribution in [2.45, 2.75) is 20.1 Å². The highest BCUT2D eigenvalue weighted by molar-refractivity contribution is 14.1. The van der Waals surface area contributed by atoms with Crippen LogP contribution in [0, 0.1) is 10.5 Å². The SMILES string of the molecule is COc1cc(Cn2ccnc2)c(I)cc1OCc1ccc(C)nc1. The Morgan fingerprint density at radius 3 is 2.75 bits per heavy atom. The third kappa shape index (κ3) is 4.05. The molecule has 0 aliphatic rings. The molecule has 0 radical (unpaired) electrons. The van der Waals surface area contributed by atoms with E-state index in [4.69, 9.17) is 9.47 Å². The first-order valence-electron chi connectivity index (χ1n) is 7.52. The minimum absolute atomic E-state index is 0.459. The van der Waals surface area contributed by atoms with E-state index >= 15 is 0 Å². The number of hydrogen-bond acceptors (Lipinski definition) is 4. The van der Waals surface area contributed by atoms with Gasteiger partial charge in [-0.1, -0.05) is 6.07 Å². The summed E-state index contributed by atoms with van der Waals surface area (Å²) in [6.07, 6.45) is 7.35. The Morgan fingerprint density at radius 2 is 2.08 bits per heavy atom. The van der Waals surface area contributed by atoms with Crippen molar-refractivity contribution in [3.63, 3.8) is 0 Å². The molecule has 0 amide bonds.